The molecule has 9 heteroatoms. The number of alkyl halides is 3. The highest BCUT2D eigenvalue weighted by atomic mass is 19.4. The fourth-order valence-electron chi connectivity index (χ4n) is 3.53. The van der Waals surface area contributed by atoms with E-state index in [2.05, 4.69) is 29.6 Å². The summed E-state index contributed by atoms with van der Waals surface area (Å²) in [5.41, 5.74) is 1.30. The monoisotopic (exact) mass is 461 g/mol. The van der Waals surface area contributed by atoms with Crippen LogP contribution in [0.4, 0.5) is 13.2 Å². The number of rotatable bonds is 12. The molecule has 0 spiro atoms. The van der Waals surface area contributed by atoms with E-state index in [0.717, 1.165) is 44.1 Å². The molecular weight excluding hydrogens is 427 g/mol. The van der Waals surface area contributed by atoms with Crippen molar-refractivity contribution in [2.75, 3.05) is 19.7 Å². The fraction of sp³-hybridized carbons (Fsp3) is 0.652. The molecule has 3 N–H and O–H groups in total. The normalized spacial score (nSPS) is 14.3. The maximum absolute atomic E-state index is 10.6. The third-order valence-electron chi connectivity index (χ3n) is 5.25. The number of aliphatic carboxylic acids is 2. The standard InChI is InChI=1S/C21H33NO3.C2HF3O2/c23-21(24)14-16-22-15-4-8-19-10-12-20(13-11-19)25-17-5-9-18-6-2-1-3-7-18;3-2(4,5)1(6)7/h10-13,18,22H,1-9,14-17H2,(H,23,24);(H,6,7). The van der Waals surface area contributed by atoms with E-state index in [4.69, 9.17) is 19.7 Å². The summed E-state index contributed by atoms with van der Waals surface area (Å²) < 4.78 is 37.6. The molecule has 1 saturated carbocycles. The lowest BCUT2D eigenvalue weighted by Crippen LogP contribution is -2.21. The molecule has 1 aliphatic rings. The maximum Gasteiger partial charge on any atom is 0.490 e. The third kappa shape index (κ3) is 13.9. The van der Waals surface area contributed by atoms with Crippen LogP contribution in [0.25, 0.3) is 0 Å². The van der Waals surface area contributed by atoms with Crippen molar-refractivity contribution >= 4 is 11.9 Å². The van der Waals surface area contributed by atoms with Crippen molar-refractivity contribution in [3.05, 3.63) is 29.8 Å². The maximum atomic E-state index is 10.6. The van der Waals surface area contributed by atoms with E-state index in [1.165, 1.54) is 44.1 Å². The zero-order valence-electron chi connectivity index (χ0n) is 18.3. The molecule has 6 nitrogen and oxygen atoms in total. The smallest absolute Gasteiger partial charge is 0.490 e. The molecule has 0 amide bonds. The largest absolute Gasteiger partial charge is 0.494 e. The van der Waals surface area contributed by atoms with Gasteiger partial charge in [0, 0.05) is 6.54 Å². The average Bonchev–Trinajstić information content (AvgIpc) is 2.75. The van der Waals surface area contributed by atoms with E-state index < -0.39 is 18.1 Å². The summed E-state index contributed by atoms with van der Waals surface area (Å²) >= 11 is 0. The van der Waals surface area contributed by atoms with Gasteiger partial charge in [-0.2, -0.15) is 13.2 Å². The highest BCUT2D eigenvalue weighted by molar-refractivity contribution is 5.73. The minimum Gasteiger partial charge on any atom is -0.494 e. The predicted octanol–water partition coefficient (Wildman–Crippen LogP) is 5.06. The van der Waals surface area contributed by atoms with Crippen LogP contribution < -0.4 is 10.1 Å². The number of carboxylic acids is 2. The van der Waals surface area contributed by atoms with Crippen molar-refractivity contribution < 1.29 is 37.7 Å². The molecule has 182 valence electrons. The summed E-state index contributed by atoms with van der Waals surface area (Å²) in [5, 5.41) is 18.8. The number of hydrogen-bond acceptors (Lipinski definition) is 4. The van der Waals surface area contributed by atoms with E-state index >= 15 is 0 Å². The number of benzene rings is 1. The molecule has 1 aromatic carbocycles. The zero-order chi connectivity index (χ0) is 23.8. The number of nitrogens with one attached hydrogen (secondary N) is 1. The molecule has 0 bridgehead atoms. The van der Waals surface area contributed by atoms with Crippen LogP contribution in [-0.2, 0) is 16.0 Å². The van der Waals surface area contributed by atoms with Gasteiger partial charge in [-0.1, -0.05) is 44.2 Å². The molecule has 2 rings (SSSR count). The molecule has 1 aromatic rings. The SMILES string of the molecule is O=C(O)C(F)(F)F.O=C(O)CCNCCCc1ccc(OCCCC2CCCCC2)cc1. The number of hydrogen-bond donors (Lipinski definition) is 3. The van der Waals surface area contributed by atoms with Crippen molar-refractivity contribution in [2.45, 2.75) is 70.4 Å². The lowest BCUT2D eigenvalue weighted by molar-refractivity contribution is -0.192. The topological polar surface area (TPSA) is 95.9 Å². The Morgan fingerprint density at radius 2 is 1.62 bits per heavy atom. The second-order valence-electron chi connectivity index (χ2n) is 7.94. The summed E-state index contributed by atoms with van der Waals surface area (Å²) in [6.45, 7) is 2.22. The van der Waals surface area contributed by atoms with Crippen molar-refractivity contribution in [2.24, 2.45) is 5.92 Å². The second-order valence-corrected chi connectivity index (χ2v) is 7.94. The molecule has 0 aromatic heterocycles. The first-order valence-corrected chi connectivity index (χ1v) is 11.1. The Bertz CT molecular complexity index is 659. The Morgan fingerprint density at radius 1 is 1.00 bits per heavy atom. The van der Waals surface area contributed by atoms with E-state index in [1.54, 1.807) is 0 Å². The highest BCUT2D eigenvalue weighted by Crippen LogP contribution is 2.27. The van der Waals surface area contributed by atoms with Gasteiger partial charge in [0.25, 0.3) is 0 Å². The molecule has 0 radical (unpaired) electrons. The second kappa shape index (κ2) is 15.5. The van der Waals surface area contributed by atoms with Crippen LogP contribution in [0.3, 0.4) is 0 Å². The summed E-state index contributed by atoms with van der Waals surface area (Å²) in [7, 11) is 0. The van der Waals surface area contributed by atoms with E-state index in [0.29, 0.717) is 6.54 Å². The average molecular weight is 462 g/mol. The van der Waals surface area contributed by atoms with Gasteiger partial charge in [0.1, 0.15) is 5.75 Å². The molecule has 0 saturated heterocycles. The Balaban J connectivity index is 0.000000633. The lowest BCUT2D eigenvalue weighted by atomic mass is 9.86. The van der Waals surface area contributed by atoms with Crippen molar-refractivity contribution in [3.8, 4) is 5.75 Å². The third-order valence-corrected chi connectivity index (χ3v) is 5.25. The highest BCUT2D eigenvalue weighted by Gasteiger charge is 2.38. The van der Waals surface area contributed by atoms with Crippen LogP contribution in [0.1, 0.15) is 63.4 Å². The molecule has 0 unspecified atom stereocenters. The number of carbonyl (C=O) groups is 2. The van der Waals surface area contributed by atoms with Crippen LogP contribution in [0.5, 0.6) is 5.75 Å². The van der Waals surface area contributed by atoms with Gasteiger partial charge in [-0.15, -0.1) is 0 Å². The zero-order valence-corrected chi connectivity index (χ0v) is 18.3. The molecular formula is C23H34F3NO5. The van der Waals surface area contributed by atoms with Crippen LogP contribution in [0, 0.1) is 5.92 Å². The number of carboxylic acid groups (broad SMARTS) is 2. The first-order valence-electron chi connectivity index (χ1n) is 11.1. The molecule has 32 heavy (non-hydrogen) atoms. The molecule has 0 atom stereocenters. The summed E-state index contributed by atoms with van der Waals surface area (Å²) in [5.74, 6) is -1.61. The molecule has 1 aliphatic carbocycles. The van der Waals surface area contributed by atoms with Gasteiger partial charge in [0.05, 0.1) is 13.0 Å². The Hall–Kier alpha value is -2.29. The summed E-state index contributed by atoms with van der Waals surface area (Å²) in [6, 6.07) is 8.39. The summed E-state index contributed by atoms with van der Waals surface area (Å²) in [4.78, 5) is 19.3. The van der Waals surface area contributed by atoms with Crippen molar-refractivity contribution in [3.63, 3.8) is 0 Å². The van der Waals surface area contributed by atoms with Gasteiger partial charge in [-0.25, -0.2) is 4.79 Å². The van der Waals surface area contributed by atoms with Gasteiger partial charge in [-0.05, 0) is 55.8 Å². The number of aryl methyl sites for hydroxylation is 1. The minimum atomic E-state index is -5.08. The lowest BCUT2D eigenvalue weighted by Gasteiger charge is -2.21. The quantitative estimate of drug-likeness (QED) is 0.377. The van der Waals surface area contributed by atoms with E-state index in [9.17, 15) is 18.0 Å². The van der Waals surface area contributed by atoms with Crippen LogP contribution in [0.15, 0.2) is 24.3 Å². The van der Waals surface area contributed by atoms with Gasteiger partial charge >= 0.3 is 18.1 Å². The minimum absolute atomic E-state index is 0.187. The first-order chi connectivity index (χ1) is 15.2. The van der Waals surface area contributed by atoms with Gasteiger partial charge in [0.2, 0.25) is 0 Å². The van der Waals surface area contributed by atoms with Gasteiger partial charge < -0.3 is 20.3 Å². The predicted molar refractivity (Wildman–Crippen MR) is 115 cm³/mol. The Labute approximate surface area is 187 Å². The van der Waals surface area contributed by atoms with Gasteiger partial charge in [-0.3, -0.25) is 4.79 Å². The van der Waals surface area contributed by atoms with Crippen LogP contribution in [-0.4, -0.2) is 48.0 Å². The van der Waals surface area contributed by atoms with E-state index in [1.807, 2.05) is 0 Å². The molecule has 1 fully saturated rings. The van der Waals surface area contributed by atoms with Crippen molar-refractivity contribution in [1.82, 2.24) is 5.32 Å². The van der Waals surface area contributed by atoms with Crippen LogP contribution >= 0.6 is 0 Å². The van der Waals surface area contributed by atoms with Crippen molar-refractivity contribution in [1.29, 1.82) is 0 Å². The van der Waals surface area contributed by atoms with Gasteiger partial charge in [0.15, 0.2) is 0 Å². The number of ether oxygens (including phenoxy) is 1. The van der Waals surface area contributed by atoms with E-state index in [-0.39, 0.29) is 6.42 Å². The fourth-order valence-corrected chi connectivity index (χ4v) is 3.53. The summed E-state index contributed by atoms with van der Waals surface area (Å²) in [6.07, 6.45) is 6.69. The molecule has 0 aliphatic heterocycles. The Morgan fingerprint density at radius 3 is 2.19 bits per heavy atom. The first kappa shape index (κ1) is 27.7. The molecule has 0 heterocycles. The Kier molecular flexibility index (Phi) is 13.4. The van der Waals surface area contributed by atoms with Crippen LogP contribution in [0.2, 0.25) is 0 Å². The number of halogens is 3.